The standard InChI is InChI=1S/C16H26ClNO/c17-10-16(8-4-1-5-9-16)11-18-15(19)14-12-6-2-3-7-13(12)14/h12-14H,1-11H2,(H,18,19). The second kappa shape index (κ2) is 5.63. The molecule has 0 aliphatic heterocycles. The van der Waals surface area contributed by atoms with Gasteiger partial charge in [0.2, 0.25) is 5.91 Å². The van der Waals surface area contributed by atoms with Crippen LogP contribution in [-0.2, 0) is 4.79 Å². The van der Waals surface area contributed by atoms with E-state index < -0.39 is 0 Å². The van der Waals surface area contributed by atoms with Crippen molar-refractivity contribution in [3.8, 4) is 0 Å². The largest absolute Gasteiger partial charge is 0.355 e. The highest BCUT2D eigenvalue weighted by Crippen LogP contribution is 2.55. The molecule has 0 saturated heterocycles. The lowest BCUT2D eigenvalue weighted by Gasteiger charge is -2.35. The van der Waals surface area contributed by atoms with E-state index in [9.17, 15) is 4.79 Å². The first-order valence-corrected chi connectivity index (χ1v) is 8.63. The average Bonchev–Trinajstić information content (AvgIpc) is 3.20. The Morgan fingerprint density at radius 1 is 1.05 bits per heavy atom. The van der Waals surface area contributed by atoms with Gasteiger partial charge >= 0.3 is 0 Å². The summed E-state index contributed by atoms with van der Waals surface area (Å²) >= 11 is 6.19. The van der Waals surface area contributed by atoms with Gasteiger partial charge in [0.1, 0.15) is 0 Å². The summed E-state index contributed by atoms with van der Waals surface area (Å²) in [6.07, 6.45) is 11.5. The van der Waals surface area contributed by atoms with Crippen molar-refractivity contribution in [1.29, 1.82) is 0 Å². The lowest BCUT2D eigenvalue weighted by Crippen LogP contribution is -2.41. The summed E-state index contributed by atoms with van der Waals surface area (Å²) in [5.74, 6) is 2.80. The highest BCUT2D eigenvalue weighted by molar-refractivity contribution is 6.18. The molecule has 0 bridgehead atoms. The summed E-state index contributed by atoms with van der Waals surface area (Å²) in [5.41, 5.74) is 0.190. The summed E-state index contributed by atoms with van der Waals surface area (Å²) < 4.78 is 0. The Bertz CT molecular complexity index is 326. The Kier molecular flexibility index (Phi) is 4.07. The summed E-state index contributed by atoms with van der Waals surface area (Å²) in [7, 11) is 0. The molecule has 3 rings (SSSR count). The number of nitrogens with one attached hydrogen (secondary N) is 1. The third-order valence-electron chi connectivity index (χ3n) is 5.79. The van der Waals surface area contributed by atoms with E-state index >= 15 is 0 Å². The number of carbonyl (C=O) groups excluding carboxylic acids is 1. The molecule has 3 aliphatic carbocycles. The lowest BCUT2D eigenvalue weighted by atomic mass is 9.75. The normalized spacial score (nSPS) is 36.4. The minimum atomic E-state index is 0.190. The molecule has 1 N–H and O–H groups in total. The number of hydrogen-bond donors (Lipinski definition) is 1. The van der Waals surface area contributed by atoms with Crippen molar-refractivity contribution in [3.05, 3.63) is 0 Å². The van der Waals surface area contributed by atoms with Crippen LogP contribution in [0.1, 0.15) is 57.8 Å². The van der Waals surface area contributed by atoms with E-state index in [1.807, 2.05) is 0 Å². The van der Waals surface area contributed by atoms with Crippen LogP contribution >= 0.6 is 11.6 Å². The van der Waals surface area contributed by atoms with Gasteiger partial charge in [0.05, 0.1) is 0 Å². The summed E-state index contributed by atoms with van der Waals surface area (Å²) in [6, 6.07) is 0. The van der Waals surface area contributed by atoms with Crippen molar-refractivity contribution in [1.82, 2.24) is 5.32 Å². The highest BCUT2D eigenvalue weighted by atomic mass is 35.5. The van der Waals surface area contributed by atoms with Crippen LogP contribution in [0.3, 0.4) is 0 Å². The lowest BCUT2D eigenvalue weighted by molar-refractivity contribution is -0.123. The maximum absolute atomic E-state index is 12.3. The highest BCUT2D eigenvalue weighted by Gasteiger charge is 2.54. The second-order valence-corrected chi connectivity index (χ2v) is 7.32. The van der Waals surface area contributed by atoms with Crippen LogP contribution in [0.15, 0.2) is 0 Å². The van der Waals surface area contributed by atoms with E-state index in [2.05, 4.69) is 5.32 Å². The Morgan fingerprint density at radius 3 is 2.26 bits per heavy atom. The zero-order chi connectivity index (χ0) is 13.3. The van der Waals surface area contributed by atoms with Crippen molar-refractivity contribution >= 4 is 17.5 Å². The molecular formula is C16H26ClNO. The number of rotatable bonds is 4. The predicted molar refractivity (Wildman–Crippen MR) is 78.2 cm³/mol. The molecule has 3 aliphatic rings. The van der Waals surface area contributed by atoms with Crippen molar-refractivity contribution in [3.63, 3.8) is 0 Å². The number of alkyl halides is 1. The molecule has 2 unspecified atom stereocenters. The van der Waals surface area contributed by atoms with Crippen LogP contribution in [0.5, 0.6) is 0 Å². The van der Waals surface area contributed by atoms with Gasteiger partial charge in [-0.3, -0.25) is 4.79 Å². The molecule has 0 aromatic rings. The van der Waals surface area contributed by atoms with Crippen LogP contribution < -0.4 is 5.32 Å². The average molecular weight is 284 g/mol. The predicted octanol–water partition coefficient (Wildman–Crippen LogP) is 3.73. The zero-order valence-electron chi connectivity index (χ0n) is 11.8. The van der Waals surface area contributed by atoms with Crippen molar-refractivity contribution in [2.75, 3.05) is 12.4 Å². The van der Waals surface area contributed by atoms with Crippen molar-refractivity contribution in [2.24, 2.45) is 23.2 Å². The molecular weight excluding hydrogens is 258 g/mol. The molecule has 2 nitrogen and oxygen atoms in total. The van der Waals surface area contributed by atoms with Gasteiger partial charge in [-0.05, 0) is 37.5 Å². The SMILES string of the molecule is O=C(NCC1(CCl)CCCCC1)C1C2CCCCC21. The van der Waals surface area contributed by atoms with E-state index in [1.165, 1.54) is 57.8 Å². The maximum atomic E-state index is 12.3. The minimum absolute atomic E-state index is 0.190. The molecule has 108 valence electrons. The quantitative estimate of drug-likeness (QED) is 0.783. The van der Waals surface area contributed by atoms with Crippen LogP contribution in [0.4, 0.5) is 0 Å². The molecule has 1 amide bonds. The van der Waals surface area contributed by atoms with Gasteiger partial charge in [-0.2, -0.15) is 0 Å². The second-order valence-electron chi connectivity index (χ2n) is 7.05. The topological polar surface area (TPSA) is 29.1 Å². The third-order valence-corrected chi connectivity index (χ3v) is 6.36. The fourth-order valence-electron chi connectivity index (χ4n) is 4.43. The number of carbonyl (C=O) groups is 1. The molecule has 0 aromatic heterocycles. The first-order valence-electron chi connectivity index (χ1n) is 8.09. The van der Waals surface area contributed by atoms with Gasteiger partial charge in [-0.1, -0.05) is 32.1 Å². The van der Waals surface area contributed by atoms with Crippen LogP contribution in [-0.4, -0.2) is 18.3 Å². The third kappa shape index (κ3) is 2.79. The Balaban J connectivity index is 1.50. The molecule has 3 saturated carbocycles. The molecule has 19 heavy (non-hydrogen) atoms. The Morgan fingerprint density at radius 2 is 1.68 bits per heavy atom. The number of hydrogen-bond acceptors (Lipinski definition) is 1. The maximum Gasteiger partial charge on any atom is 0.223 e. The van der Waals surface area contributed by atoms with Gasteiger partial charge < -0.3 is 5.32 Å². The van der Waals surface area contributed by atoms with Gasteiger partial charge in [0.25, 0.3) is 0 Å². The first kappa shape index (κ1) is 13.7. The molecule has 0 radical (unpaired) electrons. The van der Waals surface area contributed by atoms with E-state index in [-0.39, 0.29) is 5.41 Å². The number of halogens is 1. The van der Waals surface area contributed by atoms with Gasteiger partial charge in [0, 0.05) is 23.8 Å². The summed E-state index contributed by atoms with van der Waals surface area (Å²) in [4.78, 5) is 12.3. The van der Waals surface area contributed by atoms with Crippen LogP contribution in [0.25, 0.3) is 0 Å². The minimum Gasteiger partial charge on any atom is -0.355 e. The van der Waals surface area contributed by atoms with E-state index in [0.29, 0.717) is 29.5 Å². The first-order chi connectivity index (χ1) is 9.26. The van der Waals surface area contributed by atoms with Gasteiger partial charge in [0.15, 0.2) is 0 Å². The molecule has 0 aromatic carbocycles. The number of amides is 1. The fraction of sp³-hybridized carbons (Fsp3) is 0.938. The van der Waals surface area contributed by atoms with E-state index in [1.54, 1.807) is 0 Å². The van der Waals surface area contributed by atoms with Crippen LogP contribution in [0, 0.1) is 23.2 Å². The number of fused-ring (bicyclic) bond motifs is 1. The zero-order valence-corrected chi connectivity index (χ0v) is 12.6. The van der Waals surface area contributed by atoms with Gasteiger partial charge in [-0.15, -0.1) is 11.6 Å². The van der Waals surface area contributed by atoms with E-state index in [0.717, 1.165) is 6.54 Å². The van der Waals surface area contributed by atoms with Gasteiger partial charge in [-0.25, -0.2) is 0 Å². The van der Waals surface area contributed by atoms with E-state index in [4.69, 9.17) is 11.6 Å². The Hall–Kier alpha value is -0.240. The van der Waals surface area contributed by atoms with Crippen molar-refractivity contribution < 1.29 is 4.79 Å². The summed E-state index contributed by atoms with van der Waals surface area (Å²) in [5, 5.41) is 3.24. The Labute approximate surface area is 121 Å². The van der Waals surface area contributed by atoms with Crippen LogP contribution in [0.2, 0.25) is 0 Å². The molecule has 0 spiro atoms. The smallest absolute Gasteiger partial charge is 0.223 e. The van der Waals surface area contributed by atoms with Crippen molar-refractivity contribution in [2.45, 2.75) is 57.8 Å². The fourth-order valence-corrected chi connectivity index (χ4v) is 4.79. The molecule has 2 atom stereocenters. The monoisotopic (exact) mass is 283 g/mol. The molecule has 3 heteroatoms. The molecule has 0 heterocycles. The molecule has 3 fully saturated rings. The summed E-state index contributed by atoms with van der Waals surface area (Å²) in [6.45, 7) is 0.811.